The van der Waals surface area contributed by atoms with E-state index in [-0.39, 0.29) is 0 Å². The third-order valence-electron chi connectivity index (χ3n) is 6.04. The Morgan fingerprint density at radius 2 is 1.61 bits per heavy atom. The van der Waals surface area contributed by atoms with Crippen molar-refractivity contribution in [3.63, 3.8) is 0 Å². The second-order valence-electron chi connectivity index (χ2n) is 8.50. The van der Waals surface area contributed by atoms with Crippen LogP contribution in [0.4, 0.5) is 0 Å². The van der Waals surface area contributed by atoms with Crippen molar-refractivity contribution in [2.75, 3.05) is 12.8 Å². The average molecular weight is 459 g/mol. The summed E-state index contributed by atoms with van der Waals surface area (Å²) in [5, 5.41) is 14.7. The van der Waals surface area contributed by atoms with Crippen molar-refractivity contribution in [3.05, 3.63) is 100 Å². The van der Waals surface area contributed by atoms with Gasteiger partial charge in [0.05, 0.1) is 0 Å². The molecular formula is C28H30N2O2S. The Balaban J connectivity index is 1.60. The van der Waals surface area contributed by atoms with Crippen LogP contribution in [0.2, 0.25) is 0 Å². The van der Waals surface area contributed by atoms with Gasteiger partial charge in [0.2, 0.25) is 0 Å². The molecule has 4 nitrogen and oxygen atoms in total. The molecule has 0 spiro atoms. The Kier molecular flexibility index (Phi) is 7.21. The van der Waals surface area contributed by atoms with Gasteiger partial charge in [0.1, 0.15) is 5.69 Å². The number of hydrogen-bond donors (Lipinski definition) is 2. The minimum absolute atomic E-state index is 0.369. The summed E-state index contributed by atoms with van der Waals surface area (Å²) in [6, 6.07) is 23.1. The first-order valence-corrected chi connectivity index (χ1v) is 12.4. The normalized spacial score (nSPS) is 11.2. The number of thioether (sulfide) groups is 1. The molecule has 3 aromatic carbocycles. The van der Waals surface area contributed by atoms with Crippen LogP contribution in [-0.2, 0) is 19.5 Å². The van der Waals surface area contributed by atoms with E-state index >= 15 is 0 Å². The number of fused-ring (bicyclic) bond motifs is 1. The molecule has 0 atom stereocenters. The van der Waals surface area contributed by atoms with E-state index in [0.717, 1.165) is 40.6 Å². The standard InChI is InChI=1S/C28H30N2O2S/c1-19-4-7-22(8-5-19)18-30-26-16-20(2)6-13-24(26)25(27(30)28(31)32)17-29-15-14-21-9-11-23(33-3)12-10-21/h4-13,16,29H,14-15,17-18H2,1-3H3,(H,31,32). The highest BCUT2D eigenvalue weighted by Crippen LogP contribution is 2.29. The number of rotatable bonds is 9. The molecule has 33 heavy (non-hydrogen) atoms. The molecule has 0 amide bonds. The highest BCUT2D eigenvalue weighted by Gasteiger charge is 2.22. The van der Waals surface area contributed by atoms with Crippen LogP contribution in [0.15, 0.2) is 71.6 Å². The molecule has 1 aromatic heterocycles. The second-order valence-corrected chi connectivity index (χ2v) is 9.38. The van der Waals surface area contributed by atoms with E-state index in [0.29, 0.717) is 18.8 Å². The summed E-state index contributed by atoms with van der Waals surface area (Å²) in [4.78, 5) is 13.7. The zero-order valence-electron chi connectivity index (χ0n) is 19.4. The molecule has 0 fully saturated rings. The summed E-state index contributed by atoms with van der Waals surface area (Å²) in [5.41, 5.74) is 6.87. The van der Waals surface area contributed by atoms with Crippen LogP contribution >= 0.6 is 11.8 Å². The van der Waals surface area contributed by atoms with Gasteiger partial charge in [-0.05, 0) is 68.0 Å². The molecule has 0 saturated heterocycles. The first kappa shape index (κ1) is 23.1. The first-order valence-electron chi connectivity index (χ1n) is 11.2. The molecule has 2 N–H and O–H groups in total. The number of carboxylic acids is 1. The number of aromatic nitrogens is 1. The van der Waals surface area contributed by atoms with Gasteiger partial charge < -0.3 is 15.0 Å². The smallest absolute Gasteiger partial charge is 0.352 e. The fraction of sp³-hybridized carbons (Fsp3) is 0.250. The van der Waals surface area contributed by atoms with Crippen LogP contribution in [0.5, 0.6) is 0 Å². The molecule has 0 aliphatic rings. The zero-order valence-corrected chi connectivity index (χ0v) is 20.2. The number of aryl methyl sites for hydroxylation is 2. The third-order valence-corrected chi connectivity index (χ3v) is 6.78. The van der Waals surface area contributed by atoms with E-state index in [4.69, 9.17) is 0 Å². The molecule has 4 aromatic rings. The van der Waals surface area contributed by atoms with E-state index in [9.17, 15) is 9.90 Å². The third kappa shape index (κ3) is 5.32. The van der Waals surface area contributed by atoms with Crippen molar-refractivity contribution in [1.29, 1.82) is 0 Å². The minimum atomic E-state index is -0.889. The lowest BCUT2D eigenvalue weighted by Crippen LogP contribution is -2.19. The quantitative estimate of drug-likeness (QED) is 0.236. The largest absolute Gasteiger partial charge is 0.477 e. The maximum atomic E-state index is 12.4. The molecule has 0 bridgehead atoms. The van der Waals surface area contributed by atoms with E-state index in [1.165, 1.54) is 16.0 Å². The summed E-state index contributed by atoms with van der Waals surface area (Å²) < 4.78 is 1.95. The van der Waals surface area contributed by atoms with Gasteiger partial charge in [0.25, 0.3) is 0 Å². The molecule has 0 saturated carbocycles. The number of carbonyl (C=O) groups is 1. The topological polar surface area (TPSA) is 54.3 Å². The fourth-order valence-corrected chi connectivity index (χ4v) is 4.64. The number of carboxylic acid groups (broad SMARTS) is 1. The van der Waals surface area contributed by atoms with Crippen LogP contribution in [0.3, 0.4) is 0 Å². The van der Waals surface area contributed by atoms with Crippen molar-refractivity contribution in [2.45, 2.75) is 38.3 Å². The highest BCUT2D eigenvalue weighted by molar-refractivity contribution is 7.98. The van der Waals surface area contributed by atoms with E-state index in [1.807, 2.05) is 11.5 Å². The first-order chi connectivity index (χ1) is 16.0. The second kappa shape index (κ2) is 10.3. The van der Waals surface area contributed by atoms with Crippen LogP contribution in [-0.4, -0.2) is 28.4 Å². The molecule has 170 valence electrons. The Morgan fingerprint density at radius 3 is 2.27 bits per heavy atom. The Hall–Kier alpha value is -3.02. The Labute approximate surface area is 199 Å². The van der Waals surface area contributed by atoms with Gasteiger partial charge in [-0.2, -0.15) is 0 Å². The van der Waals surface area contributed by atoms with Gasteiger partial charge in [-0.1, -0.05) is 54.1 Å². The number of aromatic carboxylic acids is 1. The molecule has 0 radical (unpaired) electrons. The molecular weight excluding hydrogens is 428 g/mol. The van der Waals surface area contributed by atoms with Gasteiger partial charge in [-0.25, -0.2) is 4.79 Å². The molecule has 5 heteroatoms. The zero-order chi connectivity index (χ0) is 23.4. The molecule has 0 aliphatic heterocycles. The highest BCUT2D eigenvalue weighted by atomic mass is 32.2. The molecule has 0 unspecified atom stereocenters. The molecule has 1 heterocycles. The Bertz CT molecular complexity index is 1260. The number of hydrogen-bond acceptors (Lipinski definition) is 3. The lowest BCUT2D eigenvalue weighted by Gasteiger charge is -2.11. The van der Waals surface area contributed by atoms with Crippen LogP contribution in [0.25, 0.3) is 10.9 Å². The maximum Gasteiger partial charge on any atom is 0.352 e. The average Bonchev–Trinajstić information content (AvgIpc) is 3.11. The lowest BCUT2D eigenvalue weighted by molar-refractivity contribution is 0.0684. The van der Waals surface area contributed by atoms with Gasteiger partial charge in [0, 0.05) is 34.5 Å². The summed E-state index contributed by atoms with van der Waals surface area (Å²) in [5.74, 6) is -0.889. The van der Waals surface area contributed by atoms with E-state index < -0.39 is 5.97 Å². The maximum absolute atomic E-state index is 12.4. The van der Waals surface area contributed by atoms with E-state index in [2.05, 4.69) is 85.2 Å². The number of nitrogens with one attached hydrogen (secondary N) is 1. The van der Waals surface area contributed by atoms with Crippen molar-refractivity contribution >= 4 is 28.6 Å². The monoisotopic (exact) mass is 458 g/mol. The SMILES string of the molecule is CSc1ccc(CCNCc2c(C(=O)O)n(Cc3ccc(C)cc3)c3cc(C)ccc23)cc1. The van der Waals surface area contributed by atoms with Crippen LogP contribution in [0.1, 0.15) is 38.3 Å². The van der Waals surface area contributed by atoms with Crippen molar-refractivity contribution in [3.8, 4) is 0 Å². The van der Waals surface area contributed by atoms with Crippen LogP contribution in [0, 0.1) is 13.8 Å². The minimum Gasteiger partial charge on any atom is -0.477 e. The number of nitrogens with zero attached hydrogens (tertiary/aromatic N) is 1. The fourth-order valence-electron chi connectivity index (χ4n) is 4.23. The van der Waals surface area contributed by atoms with Crippen LogP contribution < -0.4 is 5.32 Å². The predicted octanol–water partition coefficient (Wildman–Crippen LogP) is 6.06. The van der Waals surface area contributed by atoms with Gasteiger partial charge in [-0.3, -0.25) is 0 Å². The van der Waals surface area contributed by atoms with Crippen molar-refractivity contribution < 1.29 is 9.90 Å². The summed E-state index contributed by atoms with van der Waals surface area (Å²) in [6.45, 7) is 5.94. The van der Waals surface area contributed by atoms with E-state index in [1.54, 1.807) is 11.8 Å². The Morgan fingerprint density at radius 1 is 0.939 bits per heavy atom. The van der Waals surface area contributed by atoms with Gasteiger partial charge in [0.15, 0.2) is 0 Å². The summed E-state index contributed by atoms with van der Waals surface area (Å²) in [6.07, 6.45) is 2.98. The van der Waals surface area contributed by atoms with Crippen molar-refractivity contribution in [1.82, 2.24) is 9.88 Å². The number of benzene rings is 3. The van der Waals surface area contributed by atoms with Gasteiger partial charge >= 0.3 is 5.97 Å². The molecule has 4 rings (SSSR count). The molecule has 0 aliphatic carbocycles. The summed E-state index contributed by atoms with van der Waals surface area (Å²) in [7, 11) is 0. The summed E-state index contributed by atoms with van der Waals surface area (Å²) >= 11 is 1.74. The predicted molar refractivity (Wildman–Crippen MR) is 138 cm³/mol. The van der Waals surface area contributed by atoms with Crippen molar-refractivity contribution in [2.24, 2.45) is 0 Å². The van der Waals surface area contributed by atoms with Gasteiger partial charge in [-0.15, -0.1) is 11.8 Å². The lowest BCUT2D eigenvalue weighted by atomic mass is 10.1.